The average Bonchev–Trinajstić information content (AvgIpc) is 2.81. The zero-order valence-electron chi connectivity index (χ0n) is 10.1. The number of nitrogens with zero attached hydrogens (tertiary/aromatic N) is 3. The fourth-order valence-corrected chi connectivity index (χ4v) is 2.17. The fraction of sp³-hybridized carbons (Fsp3) is 0.333. The molecule has 0 radical (unpaired) electrons. The van der Waals surface area contributed by atoms with Crippen molar-refractivity contribution >= 4 is 27.5 Å². The van der Waals surface area contributed by atoms with Crippen LogP contribution in [0.15, 0.2) is 29.0 Å². The topological polar surface area (TPSA) is 56.7 Å². The monoisotopic (exact) mass is 328 g/mol. The number of benzene rings is 1. The van der Waals surface area contributed by atoms with E-state index in [1.165, 1.54) is 6.33 Å². The van der Waals surface area contributed by atoms with Crippen LogP contribution in [0.3, 0.4) is 0 Å². The van der Waals surface area contributed by atoms with Gasteiger partial charge in [-0.05, 0) is 47.5 Å². The number of halogens is 2. The third-order valence-electron chi connectivity index (χ3n) is 2.67. The Morgan fingerprint density at radius 2 is 2.11 bits per heavy atom. The summed E-state index contributed by atoms with van der Waals surface area (Å²) < 4.78 is 2.67. The van der Waals surface area contributed by atoms with Crippen LogP contribution in [0.2, 0.25) is 5.02 Å². The van der Waals surface area contributed by atoms with Gasteiger partial charge in [-0.2, -0.15) is 5.10 Å². The highest BCUT2D eigenvalue weighted by Crippen LogP contribution is 2.27. The second kappa shape index (κ2) is 5.38. The summed E-state index contributed by atoms with van der Waals surface area (Å²) >= 11 is 9.44. The average molecular weight is 330 g/mol. The van der Waals surface area contributed by atoms with Crippen molar-refractivity contribution in [3.8, 4) is 0 Å². The van der Waals surface area contributed by atoms with Crippen molar-refractivity contribution in [3.05, 3.63) is 45.4 Å². The van der Waals surface area contributed by atoms with Crippen molar-refractivity contribution in [3.63, 3.8) is 0 Å². The van der Waals surface area contributed by atoms with E-state index in [2.05, 4.69) is 26.0 Å². The van der Waals surface area contributed by atoms with Gasteiger partial charge >= 0.3 is 0 Å². The molecular weight excluding hydrogens is 316 g/mol. The maximum atomic E-state index is 6.22. The van der Waals surface area contributed by atoms with Crippen molar-refractivity contribution in [1.29, 1.82) is 0 Å². The third kappa shape index (κ3) is 2.58. The highest BCUT2D eigenvalue weighted by atomic mass is 79.9. The normalized spacial score (nSPS) is 13.0. The second-order valence-electron chi connectivity index (χ2n) is 4.31. The molecule has 2 N–H and O–H groups in total. The van der Waals surface area contributed by atoms with Crippen LogP contribution in [-0.4, -0.2) is 14.8 Å². The number of hydrogen-bond acceptors (Lipinski definition) is 3. The van der Waals surface area contributed by atoms with Crippen LogP contribution < -0.4 is 5.73 Å². The molecule has 1 aromatic carbocycles. The number of aromatic nitrogens is 3. The summed E-state index contributed by atoms with van der Waals surface area (Å²) in [5.74, 6) is 0.739. The van der Waals surface area contributed by atoms with Crippen molar-refractivity contribution < 1.29 is 0 Å². The van der Waals surface area contributed by atoms with Gasteiger partial charge in [-0.25, -0.2) is 9.67 Å². The minimum atomic E-state index is -0.333. The Morgan fingerprint density at radius 1 is 1.39 bits per heavy atom. The minimum Gasteiger partial charge on any atom is -0.318 e. The van der Waals surface area contributed by atoms with E-state index in [0.717, 1.165) is 15.9 Å². The molecule has 0 aliphatic heterocycles. The smallest absolute Gasteiger partial charge is 0.148 e. The lowest BCUT2D eigenvalue weighted by molar-refractivity contribution is 0.494. The highest BCUT2D eigenvalue weighted by Gasteiger charge is 2.18. The Bertz CT molecular complexity index is 553. The van der Waals surface area contributed by atoms with Gasteiger partial charge in [0.1, 0.15) is 12.2 Å². The summed E-state index contributed by atoms with van der Waals surface area (Å²) in [5, 5.41) is 4.82. The Morgan fingerprint density at radius 3 is 2.72 bits per heavy atom. The number of rotatable bonds is 3. The summed E-state index contributed by atoms with van der Waals surface area (Å²) in [6, 6.07) is 5.54. The standard InChI is InChI=1S/C12H14BrClN4/c1-7(2)18-12(16-6-17-18)11(15)8-3-4-9(13)10(14)5-8/h3-7,11H,15H2,1-2H3. The molecule has 0 spiro atoms. The van der Waals surface area contributed by atoms with E-state index in [9.17, 15) is 0 Å². The van der Waals surface area contributed by atoms with E-state index in [1.54, 1.807) is 0 Å². The molecular formula is C12H14BrClN4. The summed E-state index contributed by atoms with van der Waals surface area (Å²) in [6.07, 6.45) is 1.52. The highest BCUT2D eigenvalue weighted by molar-refractivity contribution is 9.10. The molecule has 96 valence electrons. The molecule has 2 rings (SSSR count). The molecule has 6 heteroatoms. The van der Waals surface area contributed by atoms with Gasteiger partial charge in [-0.3, -0.25) is 0 Å². The molecule has 1 atom stereocenters. The van der Waals surface area contributed by atoms with Gasteiger partial charge in [0.2, 0.25) is 0 Å². The molecule has 0 amide bonds. The van der Waals surface area contributed by atoms with E-state index in [-0.39, 0.29) is 12.1 Å². The van der Waals surface area contributed by atoms with Crippen molar-refractivity contribution in [1.82, 2.24) is 14.8 Å². The maximum absolute atomic E-state index is 6.22. The van der Waals surface area contributed by atoms with Gasteiger partial charge in [0.15, 0.2) is 0 Å². The van der Waals surface area contributed by atoms with E-state index < -0.39 is 0 Å². The predicted molar refractivity (Wildman–Crippen MR) is 75.6 cm³/mol. The maximum Gasteiger partial charge on any atom is 0.148 e. The SMILES string of the molecule is CC(C)n1ncnc1C(N)c1ccc(Br)c(Cl)c1. The molecule has 18 heavy (non-hydrogen) atoms. The van der Waals surface area contributed by atoms with Crippen LogP contribution in [0.25, 0.3) is 0 Å². The lowest BCUT2D eigenvalue weighted by atomic mass is 10.1. The largest absolute Gasteiger partial charge is 0.318 e. The lowest BCUT2D eigenvalue weighted by Crippen LogP contribution is -2.19. The van der Waals surface area contributed by atoms with E-state index in [4.69, 9.17) is 17.3 Å². The van der Waals surface area contributed by atoms with Gasteiger partial charge in [0, 0.05) is 10.5 Å². The summed E-state index contributed by atoms with van der Waals surface area (Å²) in [6.45, 7) is 4.08. The van der Waals surface area contributed by atoms with Crippen LogP contribution >= 0.6 is 27.5 Å². The van der Waals surface area contributed by atoms with Crippen LogP contribution in [0, 0.1) is 0 Å². The second-order valence-corrected chi connectivity index (χ2v) is 5.57. The van der Waals surface area contributed by atoms with Crippen molar-refractivity contribution in [2.45, 2.75) is 25.9 Å². The van der Waals surface area contributed by atoms with Crippen LogP contribution in [0.5, 0.6) is 0 Å². The third-order valence-corrected chi connectivity index (χ3v) is 3.90. The minimum absolute atomic E-state index is 0.222. The fourth-order valence-electron chi connectivity index (χ4n) is 1.73. The van der Waals surface area contributed by atoms with Crippen LogP contribution in [0.1, 0.15) is 37.3 Å². The summed E-state index contributed by atoms with van der Waals surface area (Å²) in [5.41, 5.74) is 7.14. The van der Waals surface area contributed by atoms with Crippen molar-refractivity contribution in [2.75, 3.05) is 0 Å². The number of hydrogen-bond donors (Lipinski definition) is 1. The first-order valence-electron chi connectivity index (χ1n) is 5.60. The van der Waals surface area contributed by atoms with Crippen molar-refractivity contribution in [2.24, 2.45) is 5.73 Å². The number of nitrogens with two attached hydrogens (primary N) is 1. The Kier molecular flexibility index (Phi) is 4.04. The summed E-state index contributed by atoms with van der Waals surface area (Å²) in [4.78, 5) is 4.24. The molecule has 0 aliphatic carbocycles. The molecule has 0 aliphatic rings. The van der Waals surface area contributed by atoms with Crippen LogP contribution in [0.4, 0.5) is 0 Å². The molecule has 2 aromatic rings. The van der Waals surface area contributed by atoms with Gasteiger partial charge in [-0.15, -0.1) is 0 Å². The van der Waals surface area contributed by atoms with Crippen LogP contribution in [-0.2, 0) is 0 Å². The quantitative estimate of drug-likeness (QED) is 0.939. The molecule has 1 aromatic heterocycles. The van der Waals surface area contributed by atoms with E-state index in [1.807, 2.05) is 36.7 Å². The molecule has 0 saturated carbocycles. The van der Waals surface area contributed by atoms with Gasteiger partial charge in [-0.1, -0.05) is 17.7 Å². The molecule has 0 bridgehead atoms. The van der Waals surface area contributed by atoms with Gasteiger partial charge in [0.05, 0.1) is 11.1 Å². The Balaban J connectivity index is 2.38. The van der Waals surface area contributed by atoms with Gasteiger partial charge in [0.25, 0.3) is 0 Å². The predicted octanol–water partition coefficient (Wildman–Crippen LogP) is 3.32. The first-order chi connectivity index (χ1) is 8.50. The molecule has 0 saturated heterocycles. The van der Waals surface area contributed by atoms with E-state index in [0.29, 0.717) is 5.02 Å². The first kappa shape index (κ1) is 13.5. The zero-order chi connectivity index (χ0) is 13.3. The molecule has 0 fully saturated rings. The molecule has 1 heterocycles. The first-order valence-corrected chi connectivity index (χ1v) is 6.77. The summed E-state index contributed by atoms with van der Waals surface area (Å²) in [7, 11) is 0. The van der Waals surface area contributed by atoms with E-state index >= 15 is 0 Å². The Labute approximate surface area is 119 Å². The Hall–Kier alpha value is -0.910. The van der Waals surface area contributed by atoms with Gasteiger partial charge < -0.3 is 5.73 Å². The lowest BCUT2D eigenvalue weighted by Gasteiger charge is -2.15. The molecule has 1 unspecified atom stereocenters. The molecule has 4 nitrogen and oxygen atoms in total. The zero-order valence-corrected chi connectivity index (χ0v) is 12.5.